The van der Waals surface area contributed by atoms with Gasteiger partial charge in [0.1, 0.15) is 24.4 Å². The molecule has 0 aromatic carbocycles. The van der Waals surface area contributed by atoms with Crippen LogP contribution >= 0.6 is 0 Å². The van der Waals surface area contributed by atoms with Gasteiger partial charge in [-0.25, -0.2) is 0 Å². The van der Waals surface area contributed by atoms with Crippen LogP contribution < -0.4 is 0 Å². The molecule has 0 radical (unpaired) electrons. The molecule has 5 heteroatoms. The first kappa shape index (κ1) is 25.6. The molecule has 166 valence electrons. The van der Waals surface area contributed by atoms with Crippen molar-refractivity contribution >= 4 is 0 Å². The fourth-order valence-electron chi connectivity index (χ4n) is 3.67. The van der Waals surface area contributed by atoms with Gasteiger partial charge in [0, 0.05) is 0 Å². The first-order valence-corrected chi connectivity index (χ1v) is 11.6. The zero-order valence-electron chi connectivity index (χ0n) is 17.9. The summed E-state index contributed by atoms with van der Waals surface area (Å²) < 4.78 is 10.9. The Morgan fingerprint density at radius 1 is 0.929 bits per heavy atom. The van der Waals surface area contributed by atoms with E-state index in [2.05, 4.69) is 13.0 Å². The Kier molecular flexibility index (Phi) is 15.9. The lowest BCUT2D eigenvalue weighted by Gasteiger charge is -2.20. The predicted octanol–water partition coefficient (Wildman–Crippen LogP) is 4.13. The summed E-state index contributed by atoms with van der Waals surface area (Å²) in [6, 6.07) is 0. The molecule has 0 aromatic rings. The number of rotatable bonds is 18. The van der Waals surface area contributed by atoms with Crippen LogP contribution in [0, 0.1) is 0 Å². The van der Waals surface area contributed by atoms with Gasteiger partial charge in [-0.2, -0.15) is 0 Å². The van der Waals surface area contributed by atoms with Crippen molar-refractivity contribution in [1.29, 1.82) is 0 Å². The van der Waals surface area contributed by atoms with E-state index in [-0.39, 0.29) is 6.61 Å². The second-order valence-corrected chi connectivity index (χ2v) is 8.06. The van der Waals surface area contributed by atoms with Gasteiger partial charge in [-0.1, -0.05) is 89.7 Å². The van der Waals surface area contributed by atoms with Gasteiger partial charge in [0.25, 0.3) is 0 Å². The van der Waals surface area contributed by atoms with Gasteiger partial charge in [-0.3, -0.25) is 0 Å². The summed E-state index contributed by atoms with van der Waals surface area (Å²) in [6.45, 7) is 2.52. The predicted molar refractivity (Wildman–Crippen MR) is 113 cm³/mol. The maximum atomic E-state index is 10.0. The van der Waals surface area contributed by atoms with E-state index < -0.39 is 31.0 Å². The minimum atomic E-state index is -1.06. The van der Waals surface area contributed by atoms with Crippen LogP contribution in [-0.2, 0) is 9.47 Å². The highest BCUT2D eigenvalue weighted by atomic mass is 16.6. The van der Waals surface area contributed by atoms with Crippen LogP contribution in [0.25, 0.3) is 0 Å². The van der Waals surface area contributed by atoms with Crippen LogP contribution in [0.1, 0.15) is 90.4 Å². The fourth-order valence-corrected chi connectivity index (χ4v) is 3.67. The number of unbranched alkanes of at least 4 members (excludes halogenated alkanes) is 12. The monoisotopic (exact) mass is 400 g/mol. The number of aliphatic hydroxyl groups excluding tert-OH is 3. The number of aliphatic hydroxyl groups is 3. The Morgan fingerprint density at radius 3 is 2.07 bits per heavy atom. The van der Waals surface area contributed by atoms with E-state index in [0.29, 0.717) is 6.61 Å². The lowest BCUT2D eigenvalue weighted by atomic mass is 10.0. The standard InChI is InChI=1S/C23H44O5/c1-2-3-4-5-6-7-8-9-10-11-12-13-14-15-16-17-27-21-19-28-23(22(21)26)20(25)18-24/h15-16,20-26H,2-14,17-19H2,1H3/b16-15+/t20-,21+,22+,23+/m0/s1. The van der Waals surface area contributed by atoms with Crippen molar-refractivity contribution < 1.29 is 24.8 Å². The normalized spacial score (nSPS) is 23.6. The molecule has 0 aromatic heterocycles. The molecule has 1 heterocycles. The minimum absolute atomic E-state index is 0.246. The summed E-state index contributed by atoms with van der Waals surface area (Å²) in [4.78, 5) is 0. The molecule has 5 nitrogen and oxygen atoms in total. The largest absolute Gasteiger partial charge is 0.394 e. The summed E-state index contributed by atoms with van der Waals surface area (Å²) in [5, 5.41) is 28.5. The Morgan fingerprint density at radius 2 is 1.50 bits per heavy atom. The van der Waals surface area contributed by atoms with Crippen molar-refractivity contribution in [2.75, 3.05) is 19.8 Å². The summed E-state index contributed by atoms with van der Waals surface area (Å²) >= 11 is 0. The molecule has 0 saturated carbocycles. The lowest BCUT2D eigenvalue weighted by Crippen LogP contribution is -2.41. The van der Waals surface area contributed by atoms with Crippen LogP contribution in [0.3, 0.4) is 0 Å². The molecule has 0 unspecified atom stereocenters. The molecule has 4 atom stereocenters. The van der Waals surface area contributed by atoms with Gasteiger partial charge >= 0.3 is 0 Å². The number of hydrogen-bond acceptors (Lipinski definition) is 5. The highest BCUT2D eigenvalue weighted by molar-refractivity contribution is 4.90. The van der Waals surface area contributed by atoms with E-state index in [4.69, 9.17) is 14.6 Å². The Labute approximate surface area is 172 Å². The van der Waals surface area contributed by atoms with Crippen molar-refractivity contribution in [2.45, 2.75) is 115 Å². The zero-order chi connectivity index (χ0) is 20.5. The van der Waals surface area contributed by atoms with Gasteiger partial charge in [-0.05, 0) is 12.8 Å². The van der Waals surface area contributed by atoms with Crippen LogP contribution in [-0.4, -0.2) is 59.6 Å². The number of allylic oxidation sites excluding steroid dienone is 1. The second-order valence-electron chi connectivity index (χ2n) is 8.06. The third-order valence-corrected chi connectivity index (χ3v) is 5.53. The SMILES string of the molecule is CCCCCCCCCCCCCC/C=C/CO[C@@H]1CO[C@H]([C@@H](O)CO)[C@@H]1O. The first-order valence-electron chi connectivity index (χ1n) is 11.6. The maximum absolute atomic E-state index is 10.0. The summed E-state index contributed by atoms with van der Waals surface area (Å²) in [6.07, 6.45) is 18.4. The summed E-state index contributed by atoms with van der Waals surface area (Å²) in [5.41, 5.74) is 0. The van der Waals surface area contributed by atoms with Crippen LogP contribution in [0.15, 0.2) is 12.2 Å². The summed E-state index contributed by atoms with van der Waals surface area (Å²) in [7, 11) is 0. The molecule has 28 heavy (non-hydrogen) atoms. The molecular weight excluding hydrogens is 356 g/mol. The first-order chi connectivity index (χ1) is 13.7. The molecule has 1 saturated heterocycles. The highest BCUT2D eigenvalue weighted by Gasteiger charge is 2.40. The van der Waals surface area contributed by atoms with Crippen molar-refractivity contribution in [3.05, 3.63) is 12.2 Å². The van der Waals surface area contributed by atoms with Crippen molar-refractivity contribution in [2.24, 2.45) is 0 Å². The van der Waals surface area contributed by atoms with E-state index in [0.717, 1.165) is 6.42 Å². The van der Waals surface area contributed by atoms with E-state index >= 15 is 0 Å². The van der Waals surface area contributed by atoms with E-state index in [1.54, 1.807) is 0 Å². The number of hydrogen-bond donors (Lipinski definition) is 3. The second kappa shape index (κ2) is 17.4. The lowest BCUT2D eigenvalue weighted by molar-refractivity contribution is -0.0716. The molecule has 0 amide bonds. The van der Waals surface area contributed by atoms with E-state index in [1.165, 1.54) is 77.0 Å². The molecule has 1 aliphatic rings. The van der Waals surface area contributed by atoms with E-state index in [1.807, 2.05) is 6.08 Å². The van der Waals surface area contributed by atoms with Crippen LogP contribution in [0.4, 0.5) is 0 Å². The third kappa shape index (κ3) is 11.5. The minimum Gasteiger partial charge on any atom is -0.394 e. The van der Waals surface area contributed by atoms with Crippen LogP contribution in [0.5, 0.6) is 0 Å². The van der Waals surface area contributed by atoms with Crippen molar-refractivity contribution in [1.82, 2.24) is 0 Å². The molecule has 3 N–H and O–H groups in total. The van der Waals surface area contributed by atoms with Gasteiger partial charge in [0.15, 0.2) is 0 Å². The van der Waals surface area contributed by atoms with Gasteiger partial charge < -0.3 is 24.8 Å². The smallest absolute Gasteiger partial charge is 0.114 e. The zero-order valence-corrected chi connectivity index (χ0v) is 17.9. The van der Waals surface area contributed by atoms with Gasteiger partial charge in [0.05, 0.1) is 19.8 Å². The third-order valence-electron chi connectivity index (χ3n) is 5.53. The Bertz CT molecular complexity index is 374. The molecule has 0 aliphatic carbocycles. The maximum Gasteiger partial charge on any atom is 0.114 e. The van der Waals surface area contributed by atoms with Crippen LogP contribution in [0.2, 0.25) is 0 Å². The van der Waals surface area contributed by atoms with Gasteiger partial charge in [0.2, 0.25) is 0 Å². The molecule has 1 rings (SSSR count). The average molecular weight is 401 g/mol. The fraction of sp³-hybridized carbons (Fsp3) is 0.913. The molecular formula is C23H44O5. The average Bonchev–Trinajstić information content (AvgIpc) is 3.07. The van der Waals surface area contributed by atoms with Gasteiger partial charge in [-0.15, -0.1) is 0 Å². The quantitative estimate of drug-likeness (QED) is 0.238. The molecule has 0 spiro atoms. The van der Waals surface area contributed by atoms with Crippen molar-refractivity contribution in [3.63, 3.8) is 0 Å². The molecule has 1 aliphatic heterocycles. The highest BCUT2D eigenvalue weighted by Crippen LogP contribution is 2.20. The molecule has 1 fully saturated rings. The topological polar surface area (TPSA) is 79.2 Å². The van der Waals surface area contributed by atoms with E-state index in [9.17, 15) is 10.2 Å². The number of ether oxygens (including phenoxy) is 2. The molecule has 0 bridgehead atoms. The summed E-state index contributed by atoms with van der Waals surface area (Å²) in [5.74, 6) is 0. The van der Waals surface area contributed by atoms with Crippen molar-refractivity contribution in [3.8, 4) is 0 Å². The Hall–Kier alpha value is -0.460. The Balaban J connectivity index is 1.86.